The number of halogens is 4. The Morgan fingerprint density at radius 3 is 2.41 bits per heavy atom. The lowest BCUT2D eigenvalue weighted by Crippen LogP contribution is -2.14. The average Bonchev–Trinajstić information content (AvgIpc) is 2.62. The zero-order valence-corrected chi connectivity index (χ0v) is 13.6. The van der Waals surface area contributed by atoms with Gasteiger partial charge in [0.25, 0.3) is 5.91 Å². The van der Waals surface area contributed by atoms with Crippen molar-refractivity contribution in [3.8, 4) is 0 Å². The normalized spacial score (nSPS) is 11.1. The van der Waals surface area contributed by atoms with Gasteiger partial charge in [0.1, 0.15) is 17.3 Å². The standard InChI is InChI=1S/C18H12F4N4O/c19-11-4-3-5-12(8-11)25-17(27)15-9-24-16(10-23-15)26-14-7-2-1-6-13(14)18(20,21)22/h1-10H,(H,24,26)(H,25,27). The van der Waals surface area contributed by atoms with Crippen molar-refractivity contribution in [2.24, 2.45) is 0 Å². The highest BCUT2D eigenvalue weighted by Gasteiger charge is 2.33. The van der Waals surface area contributed by atoms with Crippen molar-refractivity contribution in [2.75, 3.05) is 10.6 Å². The third kappa shape index (κ3) is 4.57. The topological polar surface area (TPSA) is 66.9 Å². The molecule has 0 atom stereocenters. The first-order chi connectivity index (χ1) is 12.8. The molecule has 0 aliphatic heterocycles. The van der Waals surface area contributed by atoms with Gasteiger partial charge in [0.05, 0.1) is 23.6 Å². The molecule has 0 saturated heterocycles. The molecule has 0 aliphatic carbocycles. The summed E-state index contributed by atoms with van der Waals surface area (Å²) in [6.07, 6.45) is -2.29. The minimum atomic E-state index is -4.53. The number of carbonyl (C=O) groups excluding carboxylic acids is 1. The summed E-state index contributed by atoms with van der Waals surface area (Å²) in [6, 6.07) is 10.2. The quantitative estimate of drug-likeness (QED) is 0.652. The van der Waals surface area contributed by atoms with Crippen molar-refractivity contribution in [1.29, 1.82) is 0 Å². The number of para-hydroxylation sites is 1. The molecule has 1 amide bonds. The van der Waals surface area contributed by atoms with Crippen LogP contribution in [0.2, 0.25) is 0 Å². The zero-order chi connectivity index (χ0) is 19.4. The van der Waals surface area contributed by atoms with E-state index in [4.69, 9.17) is 0 Å². The molecule has 138 valence electrons. The Morgan fingerprint density at radius 1 is 0.963 bits per heavy atom. The fourth-order valence-electron chi connectivity index (χ4n) is 2.25. The number of anilines is 3. The molecule has 2 N–H and O–H groups in total. The maximum atomic E-state index is 13.1. The summed E-state index contributed by atoms with van der Waals surface area (Å²) in [5.41, 5.74) is -0.868. The van der Waals surface area contributed by atoms with Gasteiger partial charge in [-0.05, 0) is 30.3 Å². The molecule has 5 nitrogen and oxygen atoms in total. The van der Waals surface area contributed by atoms with Crippen LogP contribution in [0.15, 0.2) is 60.9 Å². The highest BCUT2D eigenvalue weighted by molar-refractivity contribution is 6.02. The van der Waals surface area contributed by atoms with Crippen LogP contribution in [0.25, 0.3) is 0 Å². The molecule has 0 fully saturated rings. The van der Waals surface area contributed by atoms with Crippen LogP contribution in [-0.2, 0) is 6.18 Å². The van der Waals surface area contributed by atoms with E-state index in [1.54, 1.807) is 0 Å². The van der Waals surface area contributed by atoms with Crippen molar-refractivity contribution in [1.82, 2.24) is 9.97 Å². The molecule has 9 heteroatoms. The molecule has 0 aliphatic rings. The number of nitrogens with one attached hydrogen (secondary N) is 2. The first-order valence-electron chi connectivity index (χ1n) is 7.65. The van der Waals surface area contributed by atoms with E-state index < -0.39 is 23.5 Å². The lowest BCUT2D eigenvalue weighted by Gasteiger charge is -2.13. The Hall–Kier alpha value is -3.49. The van der Waals surface area contributed by atoms with E-state index >= 15 is 0 Å². The van der Waals surface area contributed by atoms with Gasteiger partial charge in [-0.3, -0.25) is 4.79 Å². The van der Waals surface area contributed by atoms with Gasteiger partial charge in [0.15, 0.2) is 0 Å². The molecule has 0 saturated carbocycles. The third-order valence-electron chi connectivity index (χ3n) is 3.46. The smallest absolute Gasteiger partial charge is 0.338 e. The lowest BCUT2D eigenvalue weighted by atomic mass is 10.1. The van der Waals surface area contributed by atoms with E-state index in [-0.39, 0.29) is 22.9 Å². The van der Waals surface area contributed by atoms with Crippen molar-refractivity contribution in [2.45, 2.75) is 6.18 Å². The van der Waals surface area contributed by atoms with E-state index in [0.717, 1.165) is 24.5 Å². The Balaban J connectivity index is 1.74. The summed E-state index contributed by atoms with van der Waals surface area (Å²) in [4.78, 5) is 19.9. The second-order valence-electron chi connectivity index (χ2n) is 5.42. The maximum absolute atomic E-state index is 13.1. The van der Waals surface area contributed by atoms with Gasteiger partial charge in [-0.15, -0.1) is 0 Å². The predicted octanol–water partition coefficient (Wildman–Crippen LogP) is 4.63. The number of rotatable bonds is 4. The van der Waals surface area contributed by atoms with Crippen molar-refractivity contribution < 1.29 is 22.4 Å². The van der Waals surface area contributed by atoms with Crippen LogP contribution in [0.4, 0.5) is 34.8 Å². The predicted molar refractivity (Wildman–Crippen MR) is 91.1 cm³/mol. The number of hydrogen-bond acceptors (Lipinski definition) is 4. The van der Waals surface area contributed by atoms with Crippen LogP contribution in [-0.4, -0.2) is 15.9 Å². The average molecular weight is 376 g/mol. The van der Waals surface area contributed by atoms with Gasteiger partial charge >= 0.3 is 6.18 Å². The van der Waals surface area contributed by atoms with Gasteiger partial charge in [0, 0.05) is 5.69 Å². The van der Waals surface area contributed by atoms with E-state index in [9.17, 15) is 22.4 Å². The largest absolute Gasteiger partial charge is 0.418 e. The second kappa shape index (κ2) is 7.40. The van der Waals surface area contributed by atoms with Crippen molar-refractivity contribution in [3.63, 3.8) is 0 Å². The Kier molecular flexibility index (Phi) is 5.02. The minimum Gasteiger partial charge on any atom is -0.338 e. The second-order valence-corrected chi connectivity index (χ2v) is 5.42. The SMILES string of the molecule is O=C(Nc1cccc(F)c1)c1cnc(Nc2ccccc2C(F)(F)F)cn1. The first kappa shape index (κ1) is 18.3. The molecule has 0 spiro atoms. The third-order valence-corrected chi connectivity index (χ3v) is 3.46. The van der Waals surface area contributed by atoms with Gasteiger partial charge in [-0.2, -0.15) is 13.2 Å². The summed E-state index contributed by atoms with van der Waals surface area (Å²) in [5, 5.41) is 4.97. The molecule has 1 heterocycles. The molecular weight excluding hydrogens is 364 g/mol. The fourth-order valence-corrected chi connectivity index (χ4v) is 2.25. The monoisotopic (exact) mass is 376 g/mol. The molecule has 1 aromatic heterocycles. The van der Waals surface area contributed by atoms with Crippen LogP contribution >= 0.6 is 0 Å². The summed E-state index contributed by atoms with van der Waals surface area (Å²) >= 11 is 0. The Labute approximate surface area is 151 Å². The number of nitrogens with zero attached hydrogens (tertiary/aromatic N) is 2. The van der Waals surface area contributed by atoms with E-state index in [0.29, 0.717) is 0 Å². The summed E-state index contributed by atoms with van der Waals surface area (Å²) in [5.74, 6) is -1.11. The zero-order valence-electron chi connectivity index (χ0n) is 13.6. The first-order valence-corrected chi connectivity index (χ1v) is 7.65. The van der Waals surface area contributed by atoms with Gasteiger partial charge in [-0.25, -0.2) is 14.4 Å². The van der Waals surface area contributed by atoms with Crippen LogP contribution in [0.5, 0.6) is 0 Å². The number of hydrogen-bond donors (Lipinski definition) is 2. The maximum Gasteiger partial charge on any atom is 0.418 e. The Bertz CT molecular complexity index is 958. The van der Waals surface area contributed by atoms with E-state index in [1.165, 1.54) is 36.4 Å². The lowest BCUT2D eigenvalue weighted by molar-refractivity contribution is -0.136. The van der Waals surface area contributed by atoms with Crippen LogP contribution in [0.1, 0.15) is 16.1 Å². The number of aromatic nitrogens is 2. The fraction of sp³-hybridized carbons (Fsp3) is 0.0556. The Morgan fingerprint density at radius 2 is 1.74 bits per heavy atom. The molecule has 3 rings (SSSR count). The highest BCUT2D eigenvalue weighted by Crippen LogP contribution is 2.35. The molecule has 2 aromatic carbocycles. The van der Waals surface area contributed by atoms with E-state index in [2.05, 4.69) is 20.6 Å². The molecule has 0 unspecified atom stereocenters. The van der Waals surface area contributed by atoms with Crippen molar-refractivity contribution >= 4 is 23.1 Å². The number of alkyl halides is 3. The van der Waals surface area contributed by atoms with Crippen LogP contribution in [0.3, 0.4) is 0 Å². The number of benzene rings is 2. The van der Waals surface area contributed by atoms with Crippen molar-refractivity contribution in [3.05, 3.63) is 78.0 Å². The van der Waals surface area contributed by atoms with Gasteiger partial charge in [-0.1, -0.05) is 18.2 Å². The molecular formula is C18H12F4N4O. The molecule has 0 radical (unpaired) electrons. The summed E-state index contributed by atoms with van der Waals surface area (Å²) in [6.45, 7) is 0. The minimum absolute atomic E-state index is 0.0361. The number of amides is 1. The number of carbonyl (C=O) groups is 1. The molecule has 27 heavy (non-hydrogen) atoms. The van der Waals surface area contributed by atoms with Crippen LogP contribution in [0, 0.1) is 5.82 Å². The summed E-state index contributed by atoms with van der Waals surface area (Å²) < 4.78 is 52.1. The van der Waals surface area contributed by atoms with Crippen LogP contribution < -0.4 is 10.6 Å². The van der Waals surface area contributed by atoms with E-state index in [1.807, 2.05) is 0 Å². The molecule has 0 bridgehead atoms. The highest BCUT2D eigenvalue weighted by atomic mass is 19.4. The van der Waals surface area contributed by atoms with Gasteiger partial charge < -0.3 is 10.6 Å². The summed E-state index contributed by atoms with van der Waals surface area (Å²) in [7, 11) is 0. The van der Waals surface area contributed by atoms with Gasteiger partial charge in [0.2, 0.25) is 0 Å². The molecule has 3 aromatic rings.